The monoisotopic (exact) mass is 213 g/mol. The number of ether oxygens (including phenoxy) is 1. The van der Waals surface area contributed by atoms with Crippen molar-refractivity contribution in [2.24, 2.45) is 5.41 Å². The Hall–Kier alpha value is -0.0800. The van der Waals surface area contributed by atoms with E-state index in [4.69, 9.17) is 4.74 Å². The summed E-state index contributed by atoms with van der Waals surface area (Å²) in [7, 11) is 2.05. The molecule has 0 aliphatic heterocycles. The van der Waals surface area contributed by atoms with Crippen LogP contribution in [0.25, 0.3) is 0 Å². The van der Waals surface area contributed by atoms with Crippen LogP contribution in [0.1, 0.15) is 52.9 Å². The predicted octanol–water partition coefficient (Wildman–Crippen LogP) is 2.97. The molecular formula is C13H27NO. The summed E-state index contributed by atoms with van der Waals surface area (Å²) < 4.78 is 6.00. The van der Waals surface area contributed by atoms with Crippen LogP contribution in [-0.2, 0) is 4.74 Å². The molecule has 0 spiro atoms. The van der Waals surface area contributed by atoms with Crippen molar-refractivity contribution in [2.45, 2.75) is 65.0 Å². The van der Waals surface area contributed by atoms with E-state index >= 15 is 0 Å². The molecular weight excluding hydrogens is 186 g/mol. The van der Waals surface area contributed by atoms with Gasteiger partial charge in [0.2, 0.25) is 0 Å². The summed E-state index contributed by atoms with van der Waals surface area (Å²) >= 11 is 0. The van der Waals surface area contributed by atoms with E-state index in [1.165, 1.54) is 32.1 Å². The van der Waals surface area contributed by atoms with Crippen LogP contribution in [-0.4, -0.2) is 25.8 Å². The minimum Gasteiger partial charge on any atom is -0.377 e. The summed E-state index contributed by atoms with van der Waals surface area (Å²) in [4.78, 5) is 0. The SMILES string of the molecule is CCCCOC1CC(C)(C)CCC1NC. The summed E-state index contributed by atoms with van der Waals surface area (Å²) in [6.45, 7) is 7.85. The average Bonchev–Trinajstić information content (AvgIpc) is 2.17. The largest absolute Gasteiger partial charge is 0.377 e. The zero-order valence-electron chi connectivity index (χ0n) is 10.8. The van der Waals surface area contributed by atoms with Crippen LogP contribution in [0.3, 0.4) is 0 Å². The number of rotatable bonds is 5. The first-order chi connectivity index (χ1) is 7.09. The third-order valence-corrected chi connectivity index (χ3v) is 3.54. The van der Waals surface area contributed by atoms with Gasteiger partial charge in [-0.2, -0.15) is 0 Å². The first-order valence-corrected chi connectivity index (χ1v) is 6.38. The Bertz CT molecular complexity index is 179. The quantitative estimate of drug-likeness (QED) is 0.709. The highest BCUT2D eigenvalue weighted by atomic mass is 16.5. The Balaban J connectivity index is 2.41. The zero-order valence-corrected chi connectivity index (χ0v) is 10.8. The maximum Gasteiger partial charge on any atom is 0.0733 e. The lowest BCUT2D eigenvalue weighted by Gasteiger charge is -2.40. The molecule has 2 nitrogen and oxygen atoms in total. The smallest absolute Gasteiger partial charge is 0.0733 e. The Morgan fingerprint density at radius 3 is 2.73 bits per heavy atom. The molecule has 2 atom stereocenters. The highest BCUT2D eigenvalue weighted by Gasteiger charge is 2.34. The van der Waals surface area contributed by atoms with Gasteiger partial charge in [0, 0.05) is 12.6 Å². The normalized spacial score (nSPS) is 30.4. The molecule has 90 valence electrons. The van der Waals surface area contributed by atoms with Crippen LogP contribution in [0, 0.1) is 5.41 Å². The highest BCUT2D eigenvalue weighted by Crippen LogP contribution is 2.36. The molecule has 1 rings (SSSR count). The number of unbranched alkanes of at least 4 members (excludes halogenated alkanes) is 1. The highest BCUT2D eigenvalue weighted by molar-refractivity contribution is 4.89. The van der Waals surface area contributed by atoms with Crippen molar-refractivity contribution in [3.8, 4) is 0 Å². The minimum absolute atomic E-state index is 0.422. The van der Waals surface area contributed by atoms with Crippen molar-refractivity contribution in [1.29, 1.82) is 0 Å². The minimum atomic E-state index is 0.422. The second kappa shape index (κ2) is 5.86. The number of likely N-dealkylation sites (N-methyl/N-ethyl adjacent to an activating group) is 1. The van der Waals surface area contributed by atoms with Crippen molar-refractivity contribution < 1.29 is 4.74 Å². The Labute approximate surface area is 94.8 Å². The molecule has 1 aliphatic rings. The fourth-order valence-electron chi connectivity index (χ4n) is 2.41. The lowest BCUT2D eigenvalue weighted by molar-refractivity contribution is -0.0273. The molecule has 0 aromatic carbocycles. The van der Waals surface area contributed by atoms with Crippen molar-refractivity contribution in [3.63, 3.8) is 0 Å². The van der Waals surface area contributed by atoms with Crippen LogP contribution >= 0.6 is 0 Å². The van der Waals surface area contributed by atoms with Gasteiger partial charge in [0.15, 0.2) is 0 Å². The summed E-state index contributed by atoms with van der Waals surface area (Å²) in [5, 5.41) is 3.39. The van der Waals surface area contributed by atoms with Crippen LogP contribution in [0.15, 0.2) is 0 Å². The molecule has 0 radical (unpaired) electrons. The van der Waals surface area contributed by atoms with Crippen molar-refractivity contribution in [2.75, 3.05) is 13.7 Å². The zero-order chi connectivity index (χ0) is 11.3. The van der Waals surface area contributed by atoms with E-state index in [2.05, 4.69) is 33.1 Å². The van der Waals surface area contributed by atoms with Gasteiger partial charge in [-0.15, -0.1) is 0 Å². The predicted molar refractivity (Wildman–Crippen MR) is 65.1 cm³/mol. The number of hydrogen-bond acceptors (Lipinski definition) is 2. The maximum atomic E-state index is 6.00. The molecule has 0 aromatic heterocycles. The second-order valence-corrected chi connectivity index (χ2v) is 5.56. The second-order valence-electron chi connectivity index (χ2n) is 5.56. The first kappa shape index (κ1) is 13.0. The Morgan fingerprint density at radius 2 is 2.13 bits per heavy atom. The van der Waals surface area contributed by atoms with Gasteiger partial charge in [0.25, 0.3) is 0 Å². The third kappa shape index (κ3) is 4.12. The average molecular weight is 213 g/mol. The van der Waals surface area contributed by atoms with Crippen LogP contribution in [0.2, 0.25) is 0 Å². The summed E-state index contributed by atoms with van der Waals surface area (Å²) in [6, 6.07) is 0.565. The first-order valence-electron chi connectivity index (χ1n) is 6.38. The number of hydrogen-bond donors (Lipinski definition) is 1. The molecule has 15 heavy (non-hydrogen) atoms. The Kier molecular flexibility index (Phi) is 5.07. The topological polar surface area (TPSA) is 21.3 Å². The maximum absolute atomic E-state index is 6.00. The van der Waals surface area contributed by atoms with E-state index in [1.54, 1.807) is 0 Å². The lowest BCUT2D eigenvalue weighted by atomic mass is 9.74. The van der Waals surface area contributed by atoms with Gasteiger partial charge >= 0.3 is 0 Å². The van der Waals surface area contributed by atoms with Crippen LogP contribution in [0.5, 0.6) is 0 Å². The molecule has 1 aliphatic carbocycles. The van der Waals surface area contributed by atoms with Gasteiger partial charge in [0.1, 0.15) is 0 Å². The third-order valence-electron chi connectivity index (χ3n) is 3.54. The lowest BCUT2D eigenvalue weighted by Crippen LogP contribution is -2.46. The molecule has 0 aromatic rings. The Morgan fingerprint density at radius 1 is 1.40 bits per heavy atom. The van der Waals surface area contributed by atoms with E-state index in [9.17, 15) is 0 Å². The molecule has 1 saturated carbocycles. The summed E-state index contributed by atoms with van der Waals surface area (Å²) in [5.74, 6) is 0. The van der Waals surface area contributed by atoms with Crippen molar-refractivity contribution in [3.05, 3.63) is 0 Å². The molecule has 1 N–H and O–H groups in total. The van der Waals surface area contributed by atoms with Gasteiger partial charge < -0.3 is 10.1 Å². The van der Waals surface area contributed by atoms with E-state index in [1.807, 2.05) is 0 Å². The molecule has 0 saturated heterocycles. The summed E-state index contributed by atoms with van der Waals surface area (Å²) in [6.07, 6.45) is 6.59. The molecule has 0 bridgehead atoms. The molecule has 1 fully saturated rings. The van der Waals surface area contributed by atoms with Crippen LogP contribution < -0.4 is 5.32 Å². The van der Waals surface area contributed by atoms with E-state index in [0.717, 1.165) is 6.61 Å². The van der Waals surface area contributed by atoms with E-state index in [-0.39, 0.29) is 0 Å². The van der Waals surface area contributed by atoms with E-state index in [0.29, 0.717) is 17.6 Å². The van der Waals surface area contributed by atoms with Gasteiger partial charge in [-0.3, -0.25) is 0 Å². The molecule has 0 heterocycles. The van der Waals surface area contributed by atoms with E-state index < -0.39 is 0 Å². The molecule has 0 amide bonds. The molecule has 2 heteroatoms. The molecule has 2 unspecified atom stereocenters. The van der Waals surface area contributed by atoms with Gasteiger partial charge in [0.05, 0.1) is 6.10 Å². The van der Waals surface area contributed by atoms with Gasteiger partial charge in [-0.05, 0) is 38.1 Å². The van der Waals surface area contributed by atoms with Crippen LogP contribution in [0.4, 0.5) is 0 Å². The standard InChI is InChI=1S/C13H27NO/c1-5-6-9-15-12-10-13(2,3)8-7-11(12)14-4/h11-12,14H,5-10H2,1-4H3. The fourth-order valence-corrected chi connectivity index (χ4v) is 2.41. The summed E-state index contributed by atoms with van der Waals surface area (Å²) in [5.41, 5.74) is 0.463. The van der Waals surface area contributed by atoms with Gasteiger partial charge in [-0.25, -0.2) is 0 Å². The van der Waals surface area contributed by atoms with Crippen molar-refractivity contribution in [1.82, 2.24) is 5.32 Å². The van der Waals surface area contributed by atoms with Gasteiger partial charge in [-0.1, -0.05) is 27.2 Å². The number of nitrogens with one attached hydrogen (secondary N) is 1. The van der Waals surface area contributed by atoms with Crippen molar-refractivity contribution >= 4 is 0 Å². The fraction of sp³-hybridized carbons (Fsp3) is 1.00.